The van der Waals surface area contributed by atoms with Gasteiger partial charge in [-0.15, -0.1) is 0 Å². The van der Waals surface area contributed by atoms with E-state index in [1.807, 2.05) is 0 Å². The molecule has 2 aromatic carbocycles. The fourth-order valence-corrected chi connectivity index (χ4v) is 8.27. The van der Waals surface area contributed by atoms with Gasteiger partial charge in [-0.3, -0.25) is 9.78 Å². The van der Waals surface area contributed by atoms with E-state index in [0.29, 0.717) is 70.8 Å². The van der Waals surface area contributed by atoms with Crippen molar-refractivity contribution in [3.8, 4) is 28.1 Å². The lowest BCUT2D eigenvalue weighted by Gasteiger charge is -2.23. The van der Waals surface area contributed by atoms with Crippen molar-refractivity contribution in [1.29, 1.82) is 0 Å². The topological polar surface area (TPSA) is 134 Å². The SMILES string of the molecule is COc1cc(-c2nccc(-c3cccc(Nc4nccc(CNC5CCS(=O)(=O)CC5)c4F)c3Cl)c2Cl)cc(F)c1CNCC1CCC(=O)N1. The Morgan fingerprint density at radius 3 is 2.48 bits per heavy atom. The summed E-state index contributed by atoms with van der Waals surface area (Å²) in [6.45, 7) is 0.905. The van der Waals surface area contributed by atoms with Gasteiger partial charge < -0.3 is 26.0 Å². The Labute approximate surface area is 299 Å². The van der Waals surface area contributed by atoms with Gasteiger partial charge in [0.1, 0.15) is 21.4 Å². The van der Waals surface area contributed by atoms with E-state index < -0.39 is 21.5 Å². The van der Waals surface area contributed by atoms with Crippen LogP contribution in [0.1, 0.15) is 36.8 Å². The van der Waals surface area contributed by atoms with E-state index in [-0.39, 0.29) is 58.4 Å². The zero-order valence-electron chi connectivity index (χ0n) is 27.2. The summed E-state index contributed by atoms with van der Waals surface area (Å²) in [4.78, 5) is 20.1. The van der Waals surface area contributed by atoms with Crippen LogP contribution in [0.4, 0.5) is 20.3 Å². The van der Waals surface area contributed by atoms with E-state index in [9.17, 15) is 13.2 Å². The van der Waals surface area contributed by atoms with Gasteiger partial charge in [-0.25, -0.2) is 22.2 Å². The van der Waals surface area contributed by atoms with Gasteiger partial charge in [-0.2, -0.15) is 0 Å². The number of nitrogens with zero attached hydrogens (tertiary/aromatic N) is 2. The first-order valence-electron chi connectivity index (χ1n) is 16.2. The van der Waals surface area contributed by atoms with Crippen LogP contribution >= 0.6 is 23.2 Å². The lowest BCUT2D eigenvalue weighted by Crippen LogP contribution is -2.37. The number of nitrogens with one attached hydrogen (secondary N) is 4. The van der Waals surface area contributed by atoms with Gasteiger partial charge in [0.25, 0.3) is 0 Å². The molecule has 1 amide bonds. The van der Waals surface area contributed by atoms with Crippen LogP contribution in [0, 0.1) is 11.6 Å². The van der Waals surface area contributed by atoms with Gasteiger partial charge in [0.05, 0.1) is 40.0 Å². The van der Waals surface area contributed by atoms with Crippen molar-refractivity contribution in [3.63, 3.8) is 0 Å². The van der Waals surface area contributed by atoms with Gasteiger partial charge in [-0.1, -0.05) is 35.3 Å². The number of carbonyl (C=O) groups excluding carboxylic acids is 1. The number of carbonyl (C=O) groups is 1. The van der Waals surface area contributed by atoms with Crippen LogP contribution in [0.25, 0.3) is 22.4 Å². The Bertz CT molecular complexity index is 2010. The number of halogens is 4. The van der Waals surface area contributed by atoms with Crippen LogP contribution in [0.3, 0.4) is 0 Å². The molecule has 4 aromatic rings. The molecular weight excluding hydrogens is 709 g/mol. The first kappa shape index (κ1) is 35.9. The van der Waals surface area contributed by atoms with Crippen LogP contribution in [-0.2, 0) is 27.7 Å². The minimum Gasteiger partial charge on any atom is -0.496 e. The lowest BCUT2D eigenvalue weighted by molar-refractivity contribution is -0.119. The van der Waals surface area contributed by atoms with Gasteiger partial charge in [0, 0.05) is 78.3 Å². The molecule has 0 spiro atoms. The minimum atomic E-state index is -3.00. The second kappa shape index (κ2) is 15.6. The van der Waals surface area contributed by atoms with Crippen molar-refractivity contribution >= 4 is 50.5 Å². The standard InChI is InChI=1S/C35H36Cl2F2N6O4S/c1-49-29-16-21(15-27(38)26(29)19-40-18-23-5-6-30(46)44-23)34-32(37)25(8-12-41-34)24-3-2-4-28(31(24)36)45-35-33(39)20(7-11-42-35)17-43-22-9-13-50(47,48)14-10-22/h2-4,7-8,11-12,15-16,22-23,40,43H,5-6,9-10,13-14,17-19H2,1H3,(H,42,45)(H,44,46). The van der Waals surface area contributed by atoms with Crippen molar-refractivity contribution in [2.75, 3.05) is 30.5 Å². The summed E-state index contributed by atoms with van der Waals surface area (Å²) in [6, 6.07) is 11.4. The summed E-state index contributed by atoms with van der Waals surface area (Å²) in [6.07, 6.45) is 5.21. The molecule has 1 unspecified atom stereocenters. The highest BCUT2D eigenvalue weighted by Gasteiger charge is 2.25. The second-order valence-corrected chi connectivity index (χ2v) is 15.4. The third-order valence-electron chi connectivity index (χ3n) is 8.96. The number of ether oxygens (including phenoxy) is 1. The molecule has 0 radical (unpaired) electrons. The highest BCUT2D eigenvalue weighted by molar-refractivity contribution is 7.91. The Morgan fingerprint density at radius 1 is 0.980 bits per heavy atom. The number of pyridine rings is 2. The van der Waals surface area contributed by atoms with Crippen molar-refractivity contribution in [1.82, 2.24) is 25.9 Å². The number of benzene rings is 2. The molecule has 4 heterocycles. The monoisotopic (exact) mass is 744 g/mol. The number of anilines is 2. The first-order valence-corrected chi connectivity index (χ1v) is 18.7. The summed E-state index contributed by atoms with van der Waals surface area (Å²) in [5.41, 5.74) is 2.85. The van der Waals surface area contributed by atoms with E-state index in [4.69, 9.17) is 27.9 Å². The number of methoxy groups -OCH3 is 1. The molecule has 4 N–H and O–H groups in total. The van der Waals surface area contributed by atoms with Gasteiger partial charge in [0.15, 0.2) is 11.6 Å². The predicted molar refractivity (Wildman–Crippen MR) is 191 cm³/mol. The molecular formula is C35H36Cl2F2N6O4S. The van der Waals surface area contributed by atoms with E-state index >= 15 is 8.78 Å². The summed E-state index contributed by atoms with van der Waals surface area (Å²) in [7, 11) is -1.54. The van der Waals surface area contributed by atoms with E-state index in [2.05, 4.69) is 31.2 Å². The van der Waals surface area contributed by atoms with Crippen LogP contribution in [0.5, 0.6) is 5.75 Å². The number of rotatable bonds is 12. The zero-order chi connectivity index (χ0) is 35.4. The Balaban J connectivity index is 1.20. The average Bonchev–Trinajstić information content (AvgIpc) is 3.52. The molecule has 0 bridgehead atoms. The maximum atomic E-state index is 15.6. The maximum absolute atomic E-state index is 15.6. The number of aromatic nitrogens is 2. The molecule has 2 aliphatic heterocycles. The third kappa shape index (κ3) is 8.18. The van der Waals surface area contributed by atoms with E-state index in [1.165, 1.54) is 19.4 Å². The van der Waals surface area contributed by atoms with E-state index in [0.717, 1.165) is 6.42 Å². The molecule has 264 valence electrons. The second-order valence-electron chi connectivity index (χ2n) is 12.3. The normalized spacial score (nSPS) is 17.5. The number of hydrogen-bond acceptors (Lipinski definition) is 9. The van der Waals surface area contributed by atoms with Crippen LogP contribution in [0.15, 0.2) is 54.9 Å². The van der Waals surface area contributed by atoms with Crippen molar-refractivity contribution in [3.05, 3.63) is 87.7 Å². The zero-order valence-corrected chi connectivity index (χ0v) is 29.5. The molecule has 6 rings (SSSR count). The van der Waals surface area contributed by atoms with Crippen LogP contribution in [0.2, 0.25) is 10.0 Å². The van der Waals surface area contributed by atoms with Gasteiger partial charge >= 0.3 is 0 Å². The molecule has 2 aliphatic rings. The molecule has 0 saturated carbocycles. The average molecular weight is 746 g/mol. The van der Waals surface area contributed by atoms with E-state index in [1.54, 1.807) is 42.6 Å². The molecule has 2 fully saturated rings. The Kier molecular flexibility index (Phi) is 11.2. The molecule has 2 aromatic heterocycles. The smallest absolute Gasteiger partial charge is 0.220 e. The molecule has 2 saturated heterocycles. The quantitative estimate of drug-likeness (QED) is 0.134. The fraction of sp³-hybridized carbons (Fsp3) is 0.343. The van der Waals surface area contributed by atoms with Crippen molar-refractivity contribution < 1.29 is 26.7 Å². The highest BCUT2D eigenvalue weighted by atomic mass is 35.5. The summed E-state index contributed by atoms with van der Waals surface area (Å²) in [5, 5.41) is 12.8. The lowest BCUT2D eigenvalue weighted by atomic mass is 10.0. The molecule has 15 heteroatoms. The van der Waals surface area contributed by atoms with Crippen molar-refractivity contribution in [2.45, 2.75) is 50.9 Å². The first-order chi connectivity index (χ1) is 24.0. The summed E-state index contributed by atoms with van der Waals surface area (Å²) >= 11 is 13.8. The number of amides is 1. The molecule has 50 heavy (non-hydrogen) atoms. The summed E-state index contributed by atoms with van der Waals surface area (Å²) < 4.78 is 60.1. The largest absolute Gasteiger partial charge is 0.496 e. The predicted octanol–water partition coefficient (Wildman–Crippen LogP) is 6.18. The Morgan fingerprint density at radius 2 is 1.74 bits per heavy atom. The minimum absolute atomic E-state index is 0.00215. The van der Waals surface area contributed by atoms with Gasteiger partial charge in [-0.05, 0) is 49.6 Å². The highest BCUT2D eigenvalue weighted by Crippen LogP contribution is 2.42. The number of sulfone groups is 1. The third-order valence-corrected chi connectivity index (χ3v) is 11.5. The van der Waals surface area contributed by atoms with Crippen LogP contribution < -0.4 is 26.0 Å². The Hall–Kier alpha value is -3.88. The maximum Gasteiger partial charge on any atom is 0.220 e. The fourth-order valence-electron chi connectivity index (χ4n) is 6.18. The summed E-state index contributed by atoms with van der Waals surface area (Å²) in [5.74, 6) is -0.530. The van der Waals surface area contributed by atoms with Gasteiger partial charge in [0.2, 0.25) is 5.91 Å². The van der Waals surface area contributed by atoms with Crippen molar-refractivity contribution in [2.24, 2.45) is 0 Å². The number of hydrogen-bond donors (Lipinski definition) is 4. The van der Waals surface area contributed by atoms with Crippen LogP contribution in [-0.4, -0.2) is 61.5 Å². The molecule has 0 aliphatic carbocycles. The molecule has 10 nitrogen and oxygen atoms in total. The molecule has 1 atom stereocenters.